The van der Waals surface area contributed by atoms with Crippen LogP contribution in [0.15, 0.2) is 35.3 Å². The molecule has 0 unspecified atom stereocenters. The summed E-state index contributed by atoms with van der Waals surface area (Å²) in [4.78, 5) is 26.7. The van der Waals surface area contributed by atoms with Gasteiger partial charge in [0.25, 0.3) is 5.91 Å². The highest BCUT2D eigenvalue weighted by molar-refractivity contribution is 7.12. The molecular formula is C14H11N3O3S. The van der Waals surface area contributed by atoms with Gasteiger partial charge in [0, 0.05) is 11.9 Å². The van der Waals surface area contributed by atoms with Gasteiger partial charge >= 0.3 is 5.97 Å². The summed E-state index contributed by atoms with van der Waals surface area (Å²) in [6.07, 6.45) is 3.12. The molecule has 106 valence electrons. The molecule has 0 fully saturated rings. The van der Waals surface area contributed by atoms with Crippen LogP contribution in [0.5, 0.6) is 0 Å². The smallest absolute Gasteiger partial charge is 0.350 e. The molecule has 2 N–H and O–H groups in total. The topological polar surface area (TPSA) is 95.0 Å². The van der Waals surface area contributed by atoms with Crippen LogP contribution in [0.2, 0.25) is 0 Å². The normalized spacial score (nSPS) is 10.8. The number of ether oxygens (including phenoxy) is 1. The number of hydrogen-bond acceptors (Lipinski definition) is 5. The van der Waals surface area contributed by atoms with Crippen LogP contribution >= 0.6 is 11.3 Å². The molecule has 6 nitrogen and oxygen atoms in total. The van der Waals surface area contributed by atoms with Crippen LogP contribution in [0, 0.1) is 11.3 Å². The predicted molar refractivity (Wildman–Crippen MR) is 78.7 cm³/mol. The number of carbonyl (C=O) groups excluding carboxylic acids is 2. The molecule has 0 aliphatic carbocycles. The van der Waals surface area contributed by atoms with E-state index in [9.17, 15) is 9.59 Å². The van der Waals surface area contributed by atoms with Crippen LogP contribution in [0.3, 0.4) is 0 Å². The molecule has 0 aliphatic rings. The molecule has 0 spiro atoms. The highest BCUT2D eigenvalue weighted by Crippen LogP contribution is 2.23. The van der Waals surface area contributed by atoms with E-state index in [1.165, 1.54) is 13.2 Å². The first-order valence-electron chi connectivity index (χ1n) is 5.88. The van der Waals surface area contributed by atoms with Crippen molar-refractivity contribution in [3.05, 3.63) is 45.9 Å². The standard InChI is InChI=1S/C14H11N3O3S/c1-20-14(19)12-11(4-6-21-12)17-13(18)9(8-15)7-10-3-2-5-16-10/h2-7,16H,1H3,(H,17,18). The Morgan fingerprint density at radius 1 is 1.48 bits per heavy atom. The van der Waals surface area contributed by atoms with Crippen molar-refractivity contribution in [1.29, 1.82) is 5.26 Å². The van der Waals surface area contributed by atoms with Gasteiger partial charge in [-0.2, -0.15) is 5.26 Å². The summed E-state index contributed by atoms with van der Waals surface area (Å²) in [6, 6.07) is 6.90. The number of nitrogens with zero attached hydrogens (tertiary/aromatic N) is 1. The maximum absolute atomic E-state index is 12.1. The Kier molecular flexibility index (Phi) is 4.53. The van der Waals surface area contributed by atoms with Crippen LogP contribution < -0.4 is 5.32 Å². The molecule has 2 aromatic heterocycles. The zero-order valence-corrected chi connectivity index (χ0v) is 11.9. The molecule has 2 aromatic rings. The molecule has 2 rings (SSSR count). The number of hydrogen-bond donors (Lipinski definition) is 2. The number of H-pyrrole nitrogens is 1. The van der Waals surface area contributed by atoms with Crippen molar-refractivity contribution in [2.75, 3.05) is 12.4 Å². The van der Waals surface area contributed by atoms with Gasteiger partial charge < -0.3 is 15.0 Å². The Balaban J connectivity index is 2.20. The van der Waals surface area contributed by atoms with Crippen LogP contribution in [0.25, 0.3) is 6.08 Å². The van der Waals surface area contributed by atoms with Crippen molar-refractivity contribution in [1.82, 2.24) is 4.98 Å². The zero-order chi connectivity index (χ0) is 15.2. The van der Waals surface area contributed by atoms with Gasteiger partial charge in [-0.3, -0.25) is 4.79 Å². The van der Waals surface area contributed by atoms with Crippen LogP contribution in [0.1, 0.15) is 15.4 Å². The number of aromatic nitrogens is 1. The van der Waals surface area contributed by atoms with Gasteiger partial charge in [0.15, 0.2) is 0 Å². The van der Waals surface area contributed by atoms with Gasteiger partial charge in [0.05, 0.1) is 12.8 Å². The average Bonchev–Trinajstić information content (AvgIpc) is 3.15. The predicted octanol–water partition coefficient (Wildman–Crippen LogP) is 2.41. The van der Waals surface area contributed by atoms with Gasteiger partial charge in [0.1, 0.15) is 16.5 Å². The third kappa shape index (κ3) is 3.38. The third-order valence-corrected chi connectivity index (χ3v) is 3.47. The van der Waals surface area contributed by atoms with E-state index < -0.39 is 11.9 Å². The number of esters is 1. The average molecular weight is 301 g/mol. The van der Waals surface area contributed by atoms with E-state index in [1.807, 2.05) is 6.07 Å². The first-order valence-corrected chi connectivity index (χ1v) is 6.76. The molecule has 0 aromatic carbocycles. The van der Waals surface area contributed by atoms with Crippen LogP contribution in [0.4, 0.5) is 5.69 Å². The zero-order valence-electron chi connectivity index (χ0n) is 11.0. The van der Waals surface area contributed by atoms with Crippen molar-refractivity contribution < 1.29 is 14.3 Å². The number of thiophene rings is 1. The van der Waals surface area contributed by atoms with E-state index in [2.05, 4.69) is 15.0 Å². The van der Waals surface area contributed by atoms with E-state index in [4.69, 9.17) is 5.26 Å². The highest BCUT2D eigenvalue weighted by Gasteiger charge is 2.17. The first-order chi connectivity index (χ1) is 10.2. The fraction of sp³-hybridized carbons (Fsp3) is 0.0714. The number of methoxy groups -OCH3 is 1. The first kappa shape index (κ1) is 14.6. The summed E-state index contributed by atoms with van der Waals surface area (Å²) in [6.45, 7) is 0. The molecule has 1 amide bonds. The van der Waals surface area contributed by atoms with E-state index in [-0.39, 0.29) is 10.5 Å². The number of amides is 1. The van der Waals surface area contributed by atoms with Gasteiger partial charge in [-0.05, 0) is 29.7 Å². The Bertz CT molecular complexity index is 723. The number of rotatable bonds is 4. The van der Waals surface area contributed by atoms with E-state index >= 15 is 0 Å². The Morgan fingerprint density at radius 2 is 2.29 bits per heavy atom. The molecule has 0 saturated heterocycles. The molecule has 7 heteroatoms. The Labute approximate surface area is 124 Å². The quantitative estimate of drug-likeness (QED) is 0.515. The second-order valence-corrected chi connectivity index (χ2v) is 4.82. The molecule has 0 bridgehead atoms. The van der Waals surface area contributed by atoms with Gasteiger partial charge in [0.2, 0.25) is 0 Å². The van der Waals surface area contributed by atoms with Gasteiger partial charge in [-0.1, -0.05) is 0 Å². The minimum absolute atomic E-state index is 0.0699. The molecule has 0 atom stereocenters. The minimum atomic E-state index is -0.587. The molecule has 2 heterocycles. The lowest BCUT2D eigenvalue weighted by Crippen LogP contribution is -2.15. The van der Waals surface area contributed by atoms with E-state index in [0.29, 0.717) is 11.4 Å². The molecule has 0 radical (unpaired) electrons. The molecule has 21 heavy (non-hydrogen) atoms. The van der Waals surface area contributed by atoms with Crippen LogP contribution in [-0.4, -0.2) is 24.0 Å². The number of anilines is 1. The summed E-state index contributed by atoms with van der Waals surface area (Å²) in [5, 5.41) is 13.3. The number of nitrogens with one attached hydrogen (secondary N) is 2. The van der Waals surface area contributed by atoms with Gasteiger partial charge in [-0.15, -0.1) is 11.3 Å². The van der Waals surface area contributed by atoms with E-state index in [0.717, 1.165) is 11.3 Å². The summed E-state index contributed by atoms with van der Waals surface area (Å²) in [7, 11) is 1.26. The Morgan fingerprint density at radius 3 is 2.90 bits per heavy atom. The maximum atomic E-state index is 12.1. The van der Waals surface area contributed by atoms with E-state index in [1.54, 1.807) is 29.8 Å². The van der Waals surface area contributed by atoms with Crippen molar-refractivity contribution in [2.24, 2.45) is 0 Å². The SMILES string of the molecule is COC(=O)c1sccc1NC(=O)C(C#N)=Cc1ccc[nH]1. The minimum Gasteiger partial charge on any atom is -0.465 e. The Hall–Kier alpha value is -2.85. The van der Waals surface area contributed by atoms with Crippen molar-refractivity contribution in [3.8, 4) is 6.07 Å². The number of nitriles is 1. The molecule has 0 aliphatic heterocycles. The second-order valence-electron chi connectivity index (χ2n) is 3.90. The number of aromatic amines is 1. The summed E-state index contributed by atoms with van der Waals surface area (Å²) < 4.78 is 4.62. The van der Waals surface area contributed by atoms with Crippen molar-refractivity contribution in [2.45, 2.75) is 0 Å². The summed E-state index contributed by atoms with van der Waals surface area (Å²) in [5.41, 5.74) is 0.893. The summed E-state index contributed by atoms with van der Waals surface area (Å²) in [5.74, 6) is -1.12. The second kappa shape index (κ2) is 6.54. The fourth-order valence-electron chi connectivity index (χ4n) is 1.59. The lowest BCUT2D eigenvalue weighted by molar-refractivity contribution is -0.112. The van der Waals surface area contributed by atoms with Gasteiger partial charge in [-0.25, -0.2) is 4.79 Å². The molecule has 0 saturated carbocycles. The monoisotopic (exact) mass is 301 g/mol. The number of carbonyl (C=O) groups is 2. The molecular weight excluding hydrogens is 290 g/mol. The highest BCUT2D eigenvalue weighted by atomic mass is 32.1. The fourth-order valence-corrected chi connectivity index (χ4v) is 2.35. The summed E-state index contributed by atoms with van der Waals surface area (Å²) >= 11 is 1.15. The largest absolute Gasteiger partial charge is 0.465 e. The van der Waals surface area contributed by atoms with Crippen molar-refractivity contribution >= 4 is 35.0 Å². The van der Waals surface area contributed by atoms with Crippen molar-refractivity contribution in [3.63, 3.8) is 0 Å². The lowest BCUT2D eigenvalue weighted by atomic mass is 10.2. The maximum Gasteiger partial charge on any atom is 0.350 e. The third-order valence-electron chi connectivity index (χ3n) is 2.57. The lowest BCUT2D eigenvalue weighted by Gasteiger charge is -2.04. The van der Waals surface area contributed by atoms with Crippen LogP contribution in [-0.2, 0) is 9.53 Å².